The Balaban J connectivity index is 2.53. The summed E-state index contributed by atoms with van der Waals surface area (Å²) >= 11 is 0. The highest BCUT2D eigenvalue weighted by Gasteiger charge is 2.07. The van der Waals surface area contributed by atoms with E-state index < -0.39 is 11.9 Å². The summed E-state index contributed by atoms with van der Waals surface area (Å²) in [6.07, 6.45) is 1.33. The lowest BCUT2D eigenvalue weighted by molar-refractivity contribution is -0.117. The van der Waals surface area contributed by atoms with Crippen LogP contribution < -0.4 is 10.6 Å². The number of aromatic carboxylic acids is 1. The van der Waals surface area contributed by atoms with E-state index >= 15 is 0 Å². The second-order valence-electron chi connectivity index (χ2n) is 4.30. The molecule has 1 aromatic carbocycles. The SMILES string of the molecule is COCCNC(=O)/C(C#N)=C\NCc1ccc(C(=O)O)cc1. The average Bonchev–Trinajstić information content (AvgIpc) is 2.52. The standard InChI is InChI=1S/C15H17N3O4/c1-22-7-6-18-14(19)13(8-16)10-17-9-11-2-4-12(5-3-11)15(20)21/h2-5,10,17H,6-7,9H2,1H3,(H,18,19)(H,20,21)/b13-10-. The monoisotopic (exact) mass is 303 g/mol. The highest BCUT2D eigenvalue weighted by Crippen LogP contribution is 2.04. The molecule has 0 fully saturated rings. The molecule has 0 atom stereocenters. The van der Waals surface area contributed by atoms with E-state index in [1.54, 1.807) is 12.1 Å². The first-order valence-corrected chi connectivity index (χ1v) is 6.51. The summed E-state index contributed by atoms with van der Waals surface area (Å²) < 4.78 is 4.80. The fourth-order valence-corrected chi connectivity index (χ4v) is 1.55. The van der Waals surface area contributed by atoms with E-state index in [0.29, 0.717) is 19.7 Å². The molecule has 1 rings (SSSR count). The molecular weight excluding hydrogens is 286 g/mol. The molecule has 0 spiro atoms. The van der Waals surface area contributed by atoms with Crippen LogP contribution in [0.5, 0.6) is 0 Å². The zero-order valence-electron chi connectivity index (χ0n) is 12.1. The molecule has 1 amide bonds. The largest absolute Gasteiger partial charge is 0.478 e. The minimum absolute atomic E-state index is 0.0433. The molecule has 1 aromatic rings. The lowest BCUT2D eigenvalue weighted by Crippen LogP contribution is -2.28. The van der Waals surface area contributed by atoms with Crippen molar-refractivity contribution in [2.75, 3.05) is 20.3 Å². The maximum absolute atomic E-state index is 11.6. The number of hydrogen-bond donors (Lipinski definition) is 3. The number of rotatable bonds is 8. The van der Waals surface area contributed by atoms with Crippen molar-refractivity contribution in [1.82, 2.24) is 10.6 Å². The third-order valence-corrected chi connectivity index (χ3v) is 2.71. The van der Waals surface area contributed by atoms with Crippen molar-refractivity contribution in [3.05, 3.63) is 47.2 Å². The van der Waals surface area contributed by atoms with Crippen molar-refractivity contribution >= 4 is 11.9 Å². The molecule has 0 bridgehead atoms. The Labute approximate surface area is 128 Å². The van der Waals surface area contributed by atoms with Gasteiger partial charge < -0.3 is 20.5 Å². The first-order chi connectivity index (χ1) is 10.6. The third-order valence-electron chi connectivity index (χ3n) is 2.71. The Morgan fingerprint density at radius 1 is 1.36 bits per heavy atom. The van der Waals surface area contributed by atoms with Crippen LogP contribution in [0.1, 0.15) is 15.9 Å². The van der Waals surface area contributed by atoms with Crippen LogP contribution in [0.4, 0.5) is 0 Å². The Kier molecular flexibility index (Phi) is 7.16. The number of carboxylic acid groups (broad SMARTS) is 1. The Bertz CT molecular complexity index is 588. The lowest BCUT2D eigenvalue weighted by Gasteiger charge is -2.05. The van der Waals surface area contributed by atoms with Crippen molar-refractivity contribution in [3.8, 4) is 6.07 Å². The van der Waals surface area contributed by atoms with Gasteiger partial charge >= 0.3 is 5.97 Å². The second kappa shape index (κ2) is 9.15. The molecule has 0 radical (unpaired) electrons. The van der Waals surface area contributed by atoms with Gasteiger partial charge in [0.25, 0.3) is 5.91 Å². The number of methoxy groups -OCH3 is 1. The molecule has 0 saturated heterocycles. The highest BCUT2D eigenvalue weighted by atomic mass is 16.5. The number of nitrogens with zero attached hydrogens (tertiary/aromatic N) is 1. The zero-order valence-corrected chi connectivity index (χ0v) is 12.1. The van der Waals surface area contributed by atoms with Gasteiger partial charge in [0.05, 0.1) is 12.2 Å². The van der Waals surface area contributed by atoms with Crippen LogP contribution in [0.2, 0.25) is 0 Å². The summed E-state index contributed by atoms with van der Waals surface area (Å²) in [7, 11) is 1.52. The van der Waals surface area contributed by atoms with Crippen LogP contribution in [0.3, 0.4) is 0 Å². The van der Waals surface area contributed by atoms with E-state index in [0.717, 1.165) is 5.56 Å². The van der Waals surface area contributed by atoms with E-state index in [1.165, 1.54) is 25.4 Å². The number of nitrogens with one attached hydrogen (secondary N) is 2. The van der Waals surface area contributed by atoms with Gasteiger partial charge in [-0.15, -0.1) is 0 Å². The fourth-order valence-electron chi connectivity index (χ4n) is 1.55. The lowest BCUT2D eigenvalue weighted by atomic mass is 10.1. The molecule has 0 aromatic heterocycles. The average molecular weight is 303 g/mol. The van der Waals surface area contributed by atoms with Crippen molar-refractivity contribution in [2.24, 2.45) is 0 Å². The normalized spacial score (nSPS) is 10.6. The summed E-state index contributed by atoms with van der Waals surface area (Å²) in [6, 6.07) is 8.11. The van der Waals surface area contributed by atoms with Gasteiger partial charge in [-0.1, -0.05) is 12.1 Å². The van der Waals surface area contributed by atoms with Gasteiger partial charge in [0.2, 0.25) is 0 Å². The van der Waals surface area contributed by atoms with Gasteiger partial charge in [0, 0.05) is 26.4 Å². The van der Waals surface area contributed by atoms with Gasteiger partial charge in [-0.3, -0.25) is 4.79 Å². The first kappa shape index (κ1) is 17.2. The van der Waals surface area contributed by atoms with Gasteiger partial charge in [-0.25, -0.2) is 4.79 Å². The number of carbonyl (C=O) groups is 2. The van der Waals surface area contributed by atoms with E-state index in [2.05, 4.69) is 10.6 Å². The number of ether oxygens (including phenoxy) is 1. The van der Waals surface area contributed by atoms with Gasteiger partial charge in [-0.2, -0.15) is 5.26 Å². The van der Waals surface area contributed by atoms with Crippen LogP contribution in [-0.2, 0) is 16.1 Å². The molecule has 3 N–H and O–H groups in total. The van der Waals surface area contributed by atoms with E-state index in [1.807, 2.05) is 6.07 Å². The number of nitriles is 1. The minimum atomic E-state index is -0.987. The van der Waals surface area contributed by atoms with E-state index in [9.17, 15) is 9.59 Å². The maximum Gasteiger partial charge on any atom is 0.335 e. The number of carbonyl (C=O) groups excluding carboxylic acids is 1. The van der Waals surface area contributed by atoms with E-state index in [-0.39, 0.29) is 11.1 Å². The zero-order chi connectivity index (χ0) is 16.4. The molecule has 7 nitrogen and oxygen atoms in total. The molecule has 7 heteroatoms. The van der Waals surface area contributed by atoms with Crippen LogP contribution >= 0.6 is 0 Å². The van der Waals surface area contributed by atoms with Crippen molar-refractivity contribution in [2.45, 2.75) is 6.54 Å². The number of hydrogen-bond acceptors (Lipinski definition) is 5. The molecule has 0 aliphatic heterocycles. The first-order valence-electron chi connectivity index (χ1n) is 6.51. The molecule has 0 aliphatic rings. The van der Waals surface area contributed by atoms with Gasteiger partial charge in [-0.05, 0) is 17.7 Å². The predicted molar refractivity (Wildman–Crippen MR) is 78.8 cm³/mol. The molecule has 0 unspecified atom stereocenters. The van der Waals surface area contributed by atoms with Crippen LogP contribution in [0.15, 0.2) is 36.0 Å². The molecule has 22 heavy (non-hydrogen) atoms. The predicted octanol–water partition coefficient (Wildman–Crippen LogP) is 0.644. The molecule has 0 saturated carbocycles. The second-order valence-corrected chi connectivity index (χ2v) is 4.30. The third kappa shape index (κ3) is 5.64. The van der Waals surface area contributed by atoms with Crippen LogP contribution in [0, 0.1) is 11.3 Å². The number of amides is 1. The Morgan fingerprint density at radius 3 is 2.59 bits per heavy atom. The Hall–Kier alpha value is -2.85. The van der Waals surface area contributed by atoms with Gasteiger partial charge in [0.1, 0.15) is 11.6 Å². The topological polar surface area (TPSA) is 111 Å². The summed E-state index contributed by atoms with van der Waals surface area (Å²) in [5.74, 6) is -1.47. The van der Waals surface area contributed by atoms with Gasteiger partial charge in [0.15, 0.2) is 0 Å². The van der Waals surface area contributed by atoms with Crippen molar-refractivity contribution < 1.29 is 19.4 Å². The smallest absolute Gasteiger partial charge is 0.335 e. The van der Waals surface area contributed by atoms with Crippen molar-refractivity contribution in [1.29, 1.82) is 5.26 Å². The summed E-state index contributed by atoms with van der Waals surface area (Å²) in [5, 5.41) is 23.1. The van der Waals surface area contributed by atoms with Crippen LogP contribution in [0.25, 0.3) is 0 Å². The molecule has 0 aliphatic carbocycles. The highest BCUT2D eigenvalue weighted by molar-refractivity contribution is 5.97. The molecular formula is C15H17N3O4. The summed E-state index contributed by atoms with van der Waals surface area (Å²) in [5.41, 5.74) is 0.992. The van der Waals surface area contributed by atoms with Crippen molar-refractivity contribution in [3.63, 3.8) is 0 Å². The number of benzene rings is 1. The summed E-state index contributed by atoms with van der Waals surface area (Å²) in [6.45, 7) is 1.06. The van der Waals surface area contributed by atoms with Crippen LogP contribution in [-0.4, -0.2) is 37.2 Å². The minimum Gasteiger partial charge on any atom is -0.478 e. The number of carboxylic acids is 1. The fraction of sp³-hybridized carbons (Fsp3) is 0.267. The molecule has 116 valence electrons. The maximum atomic E-state index is 11.6. The Morgan fingerprint density at radius 2 is 2.05 bits per heavy atom. The van der Waals surface area contributed by atoms with E-state index in [4.69, 9.17) is 15.1 Å². The molecule has 0 heterocycles. The quantitative estimate of drug-likeness (QED) is 0.369. The summed E-state index contributed by atoms with van der Waals surface area (Å²) in [4.78, 5) is 22.4.